The van der Waals surface area contributed by atoms with E-state index in [1.807, 2.05) is 49.4 Å². The van der Waals surface area contributed by atoms with Crippen LogP contribution in [0.5, 0.6) is 0 Å². The van der Waals surface area contributed by atoms with Crippen LogP contribution in [-0.4, -0.2) is 23.1 Å². The maximum Gasteiger partial charge on any atom is 0.333 e. The van der Waals surface area contributed by atoms with E-state index in [4.69, 9.17) is 4.74 Å². The lowest BCUT2D eigenvalue weighted by Crippen LogP contribution is -2.36. The lowest BCUT2D eigenvalue weighted by Gasteiger charge is -2.05. The van der Waals surface area contributed by atoms with Crippen molar-refractivity contribution in [3.8, 4) is 0 Å². The fourth-order valence-electron chi connectivity index (χ4n) is 2.83. The quantitative estimate of drug-likeness (QED) is 0.617. The van der Waals surface area contributed by atoms with Crippen molar-refractivity contribution in [3.05, 3.63) is 85.3 Å². The predicted octanol–water partition coefficient (Wildman–Crippen LogP) is 2.03. The molecule has 0 unspecified atom stereocenters. The number of amides is 1. The van der Waals surface area contributed by atoms with Gasteiger partial charge in [-0.1, -0.05) is 42.5 Å². The van der Waals surface area contributed by atoms with E-state index >= 15 is 0 Å². The number of aryl methyl sites for hydroxylation is 1. The van der Waals surface area contributed by atoms with Crippen molar-refractivity contribution >= 4 is 41.1 Å². The summed E-state index contributed by atoms with van der Waals surface area (Å²) in [6, 6.07) is 16.7. The number of nitrogens with zero attached hydrogens (tertiary/aromatic N) is 1. The largest absolute Gasteiger partial charge is 0.463 e. The van der Waals surface area contributed by atoms with Gasteiger partial charge >= 0.3 is 5.97 Å². The van der Waals surface area contributed by atoms with Gasteiger partial charge in [0.15, 0.2) is 0 Å². The number of carbonyl (C=O) groups is 2. The van der Waals surface area contributed by atoms with Crippen LogP contribution < -0.4 is 20.1 Å². The van der Waals surface area contributed by atoms with Crippen LogP contribution in [0.4, 0.5) is 5.69 Å². The number of benzene rings is 2. The molecule has 154 valence electrons. The van der Waals surface area contributed by atoms with Crippen molar-refractivity contribution in [1.82, 2.24) is 4.57 Å². The van der Waals surface area contributed by atoms with Crippen LogP contribution in [0.15, 0.2) is 59.4 Å². The molecule has 0 bridgehead atoms. The zero-order chi connectivity index (χ0) is 21.5. The van der Waals surface area contributed by atoms with Crippen LogP contribution in [0, 0.1) is 6.92 Å². The van der Waals surface area contributed by atoms with E-state index in [1.54, 1.807) is 25.1 Å². The van der Waals surface area contributed by atoms with Gasteiger partial charge in [-0.05, 0) is 43.2 Å². The highest BCUT2D eigenvalue weighted by atomic mass is 32.1. The smallest absolute Gasteiger partial charge is 0.333 e. The third kappa shape index (κ3) is 5.33. The normalized spacial score (nSPS) is 12.1. The molecule has 30 heavy (non-hydrogen) atoms. The fourth-order valence-corrected chi connectivity index (χ4v) is 3.85. The number of ether oxygens (including phenoxy) is 1. The van der Waals surface area contributed by atoms with Gasteiger partial charge in [-0.25, -0.2) is 4.79 Å². The van der Waals surface area contributed by atoms with Gasteiger partial charge in [0.05, 0.1) is 17.2 Å². The fraction of sp³-hybridized carbons (Fsp3) is 0.174. The molecule has 1 amide bonds. The molecule has 7 heteroatoms. The molecule has 0 atom stereocenters. The SMILES string of the molecule is CCOC(=O)/C=c1\s/c(=C\c2ccccc2C)c(=O)n1CC(=O)Nc1ccccc1. The summed E-state index contributed by atoms with van der Waals surface area (Å²) >= 11 is 1.15. The Labute approximate surface area is 177 Å². The number of hydrogen-bond acceptors (Lipinski definition) is 5. The number of anilines is 1. The van der Waals surface area contributed by atoms with Crippen LogP contribution in [0.1, 0.15) is 18.1 Å². The average Bonchev–Trinajstić information content (AvgIpc) is 2.99. The van der Waals surface area contributed by atoms with Gasteiger partial charge in [-0.3, -0.25) is 14.2 Å². The highest BCUT2D eigenvalue weighted by Gasteiger charge is 2.11. The Hall–Kier alpha value is -3.45. The number of para-hydroxylation sites is 1. The highest BCUT2D eigenvalue weighted by Crippen LogP contribution is 2.07. The Balaban J connectivity index is 2.03. The first-order chi connectivity index (χ1) is 14.5. The van der Waals surface area contributed by atoms with E-state index in [1.165, 1.54) is 10.6 Å². The van der Waals surface area contributed by atoms with E-state index in [0.29, 0.717) is 14.9 Å². The number of aromatic nitrogens is 1. The highest BCUT2D eigenvalue weighted by molar-refractivity contribution is 7.07. The Morgan fingerprint density at radius 3 is 2.50 bits per heavy atom. The van der Waals surface area contributed by atoms with E-state index < -0.39 is 5.97 Å². The number of hydrogen-bond donors (Lipinski definition) is 1. The molecule has 2 aromatic carbocycles. The second kappa shape index (κ2) is 9.84. The van der Waals surface area contributed by atoms with Crippen LogP contribution in [0.2, 0.25) is 0 Å². The summed E-state index contributed by atoms with van der Waals surface area (Å²) in [7, 11) is 0. The molecule has 0 aliphatic heterocycles. The average molecular weight is 423 g/mol. The molecule has 0 aliphatic rings. The van der Waals surface area contributed by atoms with Crippen LogP contribution in [0.25, 0.3) is 12.2 Å². The molecular formula is C23H22N2O4S. The molecule has 0 spiro atoms. The number of thiazole rings is 1. The molecule has 3 rings (SSSR count). The molecule has 0 fully saturated rings. The van der Waals surface area contributed by atoms with Gasteiger partial charge in [0.2, 0.25) is 5.91 Å². The third-order valence-electron chi connectivity index (χ3n) is 4.30. The van der Waals surface area contributed by atoms with Gasteiger partial charge in [-0.15, -0.1) is 11.3 Å². The Morgan fingerprint density at radius 2 is 1.80 bits per heavy atom. The summed E-state index contributed by atoms with van der Waals surface area (Å²) in [4.78, 5) is 37.5. The predicted molar refractivity (Wildman–Crippen MR) is 119 cm³/mol. The van der Waals surface area contributed by atoms with Crippen LogP contribution in [0.3, 0.4) is 0 Å². The molecule has 1 N–H and O–H groups in total. The summed E-state index contributed by atoms with van der Waals surface area (Å²) in [5.41, 5.74) is 2.23. The maximum absolute atomic E-state index is 13.0. The van der Waals surface area contributed by atoms with Crippen molar-refractivity contribution < 1.29 is 14.3 Å². The molecule has 3 aromatic rings. The Kier molecular flexibility index (Phi) is 6.98. The molecular weight excluding hydrogens is 400 g/mol. The summed E-state index contributed by atoms with van der Waals surface area (Å²) < 4.78 is 7.07. The number of nitrogens with one attached hydrogen (secondary N) is 1. The van der Waals surface area contributed by atoms with Gasteiger partial charge in [0.1, 0.15) is 11.2 Å². The van der Waals surface area contributed by atoms with Crippen LogP contribution >= 0.6 is 11.3 Å². The first-order valence-corrected chi connectivity index (χ1v) is 10.3. The Morgan fingerprint density at radius 1 is 1.10 bits per heavy atom. The summed E-state index contributed by atoms with van der Waals surface area (Å²) in [6.45, 7) is 3.67. The van der Waals surface area contributed by atoms with E-state index in [0.717, 1.165) is 22.5 Å². The summed E-state index contributed by atoms with van der Waals surface area (Å²) in [5, 5.41) is 2.76. The van der Waals surface area contributed by atoms with Crippen molar-refractivity contribution in [2.75, 3.05) is 11.9 Å². The maximum atomic E-state index is 13.0. The first kappa shape index (κ1) is 21.3. The second-order valence-electron chi connectivity index (χ2n) is 6.51. The standard InChI is InChI=1S/C23H22N2O4S/c1-3-29-22(27)14-21-25(15-20(26)24-18-11-5-4-6-12-18)23(28)19(30-21)13-17-10-8-7-9-16(17)2/h4-14H,3,15H2,1-2H3,(H,24,26)/b19-13-,21-14-. The zero-order valence-electron chi connectivity index (χ0n) is 16.8. The van der Waals surface area contributed by atoms with Crippen molar-refractivity contribution in [1.29, 1.82) is 0 Å². The molecule has 6 nitrogen and oxygen atoms in total. The molecule has 0 saturated carbocycles. The topological polar surface area (TPSA) is 77.4 Å². The van der Waals surface area contributed by atoms with Crippen molar-refractivity contribution in [2.45, 2.75) is 20.4 Å². The van der Waals surface area contributed by atoms with Gasteiger partial charge < -0.3 is 10.1 Å². The van der Waals surface area contributed by atoms with Crippen molar-refractivity contribution in [3.63, 3.8) is 0 Å². The monoisotopic (exact) mass is 422 g/mol. The van der Waals surface area contributed by atoms with Crippen LogP contribution in [-0.2, 0) is 20.9 Å². The summed E-state index contributed by atoms with van der Waals surface area (Å²) in [5.74, 6) is -0.916. The second-order valence-corrected chi connectivity index (χ2v) is 7.57. The lowest BCUT2D eigenvalue weighted by atomic mass is 10.1. The zero-order valence-corrected chi connectivity index (χ0v) is 17.6. The van der Waals surface area contributed by atoms with Gasteiger partial charge in [-0.2, -0.15) is 0 Å². The molecule has 1 heterocycles. The number of esters is 1. The molecule has 0 saturated heterocycles. The number of carbonyl (C=O) groups excluding carboxylic acids is 2. The minimum Gasteiger partial charge on any atom is -0.463 e. The molecule has 1 aromatic heterocycles. The number of rotatable bonds is 6. The summed E-state index contributed by atoms with van der Waals surface area (Å²) in [6.07, 6.45) is 3.02. The van der Waals surface area contributed by atoms with Gasteiger partial charge in [0, 0.05) is 5.69 Å². The Bertz CT molecular complexity index is 1230. The third-order valence-corrected chi connectivity index (χ3v) is 5.36. The van der Waals surface area contributed by atoms with Gasteiger partial charge in [0.25, 0.3) is 5.56 Å². The first-order valence-electron chi connectivity index (χ1n) is 9.48. The van der Waals surface area contributed by atoms with Crippen molar-refractivity contribution in [2.24, 2.45) is 0 Å². The minimum absolute atomic E-state index is 0.211. The lowest BCUT2D eigenvalue weighted by molar-refractivity contribution is -0.135. The molecule has 0 radical (unpaired) electrons. The minimum atomic E-state index is -0.557. The molecule has 0 aliphatic carbocycles. The van der Waals surface area contributed by atoms with E-state index in [-0.39, 0.29) is 24.6 Å². The van der Waals surface area contributed by atoms with E-state index in [9.17, 15) is 14.4 Å². The van der Waals surface area contributed by atoms with E-state index in [2.05, 4.69) is 5.32 Å².